The molecule has 174 valence electrons. The third-order valence-corrected chi connectivity index (χ3v) is 4.74. The van der Waals surface area contributed by atoms with Gasteiger partial charge in [0.2, 0.25) is 0 Å². The van der Waals surface area contributed by atoms with Crippen LogP contribution < -0.4 is 10.1 Å². The molecule has 9 heteroatoms. The highest BCUT2D eigenvalue weighted by Crippen LogP contribution is 2.30. The van der Waals surface area contributed by atoms with Crippen LogP contribution in [0, 0.1) is 0 Å². The number of halogens is 3. The number of aliphatic carboxylic acids is 1. The van der Waals surface area contributed by atoms with Gasteiger partial charge in [-0.25, -0.2) is 4.79 Å². The molecular weight excluding hydrogens is 427 g/mol. The molecule has 0 saturated carbocycles. The van der Waals surface area contributed by atoms with Crippen molar-refractivity contribution >= 4 is 11.9 Å². The molecular formula is C23H26F3NO5. The van der Waals surface area contributed by atoms with Crippen LogP contribution in [0.4, 0.5) is 13.2 Å². The van der Waals surface area contributed by atoms with Crippen molar-refractivity contribution in [1.29, 1.82) is 0 Å². The van der Waals surface area contributed by atoms with Crippen molar-refractivity contribution in [3.63, 3.8) is 0 Å². The second-order valence-electron chi connectivity index (χ2n) is 7.24. The number of carbonyl (C=O) groups excluding carboxylic acids is 1. The lowest BCUT2D eigenvalue weighted by Gasteiger charge is -2.20. The van der Waals surface area contributed by atoms with E-state index in [1.165, 1.54) is 19.1 Å². The lowest BCUT2D eigenvalue weighted by molar-refractivity contribution is -0.150. The number of carbonyl (C=O) groups is 2. The minimum atomic E-state index is -4.46. The predicted octanol–water partition coefficient (Wildman–Crippen LogP) is 4.38. The number of hydrogen-bond donors (Lipinski definition) is 2. The Morgan fingerprint density at radius 1 is 1.09 bits per heavy atom. The molecule has 0 aromatic heterocycles. The first kappa shape index (κ1) is 25.2. The Kier molecular flexibility index (Phi) is 8.65. The van der Waals surface area contributed by atoms with E-state index in [0.717, 1.165) is 17.7 Å². The molecule has 32 heavy (non-hydrogen) atoms. The molecule has 3 atom stereocenters. The molecule has 2 N–H and O–H groups in total. The van der Waals surface area contributed by atoms with E-state index in [2.05, 4.69) is 5.32 Å². The van der Waals surface area contributed by atoms with Gasteiger partial charge in [-0.2, -0.15) is 13.2 Å². The van der Waals surface area contributed by atoms with E-state index in [-0.39, 0.29) is 13.0 Å². The number of hydrogen-bond acceptors (Lipinski definition) is 4. The van der Waals surface area contributed by atoms with Gasteiger partial charge in [-0.1, -0.05) is 24.3 Å². The molecule has 0 aliphatic heterocycles. The van der Waals surface area contributed by atoms with E-state index >= 15 is 0 Å². The van der Waals surface area contributed by atoms with Gasteiger partial charge in [-0.3, -0.25) is 4.79 Å². The highest BCUT2D eigenvalue weighted by Gasteiger charge is 2.31. The van der Waals surface area contributed by atoms with E-state index in [1.807, 2.05) is 0 Å². The minimum absolute atomic E-state index is 0.188. The van der Waals surface area contributed by atoms with Gasteiger partial charge in [0.15, 0.2) is 12.2 Å². The average Bonchev–Trinajstić information content (AvgIpc) is 2.74. The Morgan fingerprint density at radius 2 is 1.75 bits per heavy atom. The summed E-state index contributed by atoms with van der Waals surface area (Å²) in [7, 11) is 0. The molecule has 6 nitrogen and oxygen atoms in total. The molecule has 0 fully saturated rings. The number of alkyl halides is 3. The highest BCUT2D eigenvalue weighted by molar-refractivity contribution is 5.81. The van der Waals surface area contributed by atoms with Crippen LogP contribution in [0.25, 0.3) is 0 Å². The molecule has 0 aliphatic carbocycles. The SMILES string of the molecule is CCOC(Cc1ccc(OC(C)C(=O)NC(C)c2cccc(C(F)(F)F)c2)cc1)C(=O)O. The summed E-state index contributed by atoms with van der Waals surface area (Å²) in [6.07, 6.45) is -6.12. The quantitative estimate of drug-likeness (QED) is 0.558. The summed E-state index contributed by atoms with van der Waals surface area (Å²) >= 11 is 0. The van der Waals surface area contributed by atoms with E-state index in [4.69, 9.17) is 14.6 Å². The normalized spacial score (nSPS) is 14.3. The smallest absolute Gasteiger partial charge is 0.416 e. The van der Waals surface area contributed by atoms with Crippen LogP contribution in [0.5, 0.6) is 5.75 Å². The molecule has 0 bridgehead atoms. The van der Waals surface area contributed by atoms with E-state index in [9.17, 15) is 22.8 Å². The van der Waals surface area contributed by atoms with Crippen LogP contribution >= 0.6 is 0 Å². The molecule has 2 aromatic rings. The number of benzene rings is 2. The molecule has 0 aliphatic rings. The minimum Gasteiger partial charge on any atom is -0.481 e. The summed E-state index contributed by atoms with van der Waals surface area (Å²) in [5.41, 5.74) is 0.274. The molecule has 3 unspecified atom stereocenters. The van der Waals surface area contributed by atoms with Gasteiger partial charge < -0.3 is 19.9 Å². The monoisotopic (exact) mass is 453 g/mol. The Bertz CT molecular complexity index is 915. The van der Waals surface area contributed by atoms with Gasteiger partial charge in [0.1, 0.15) is 5.75 Å². The molecule has 0 saturated heterocycles. The summed E-state index contributed by atoms with van der Waals surface area (Å²) < 4.78 is 49.5. The molecule has 0 spiro atoms. The van der Waals surface area contributed by atoms with Gasteiger partial charge in [0.05, 0.1) is 11.6 Å². The largest absolute Gasteiger partial charge is 0.481 e. The molecule has 2 aromatic carbocycles. The second-order valence-corrected chi connectivity index (χ2v) is 7.24. The van der Waals surface area contributed by atoms with E-state index in [1.54, 1.807) is 38.1 Å². The number of ether oxygens (including phenoxy) is 2. The van der Waals surface area contributed by atoms with Crippen molar-refractivity contribution in [2.75, 3.05) is 6.61 Å². The Morgan fingerprint density at radius 3 is 2.31 bits per heavy atom. The number of carboxylic acid groups (broad SMARTS) is 1. The maximum absolute atomic E-state index is 12.9. The lowest BCUT2D eigenvalue weighted by atomic mass is 10.0. The van der Waals surface area contributed by atoms with Crippen LogP contribution in [-0.2, 0) is 26.9 Å². The fraction of sp³-hybridized carbons (Fsp3) is 0.391. The summed E-state index contributed by atoms with van der Waals surface area (Å²) in [6.45, 7) is 5.11. The van der Waals surface area contributed by atoms with Gasteiger partial charge in [0, 0.05) is 13.0 Å². The summed E-state index contributed by atoms with van der Waals surface area (Å²) in [4.78, 5) is 23.6. The Labute approximate surface area is 184 Å². The first-order valence-corrected chi connectivity index (χ1v) is 10.1. The number of rotatable bonds is 10. The van der Waals surface area contributed by atoms with Crippen molar-refractivity contribution in [2.24, 2.45) is 0 Å². The predicted molar refractivity (Wildman–Crippen MR) is 111 cm³/mol. The summed E-state index contributed by atoms with van der Waals surface area (Å²) in [6, 6.07) is 10.7. The first-order valence-electron chi connectivity index (χ1n) is 10.1. The standard InChI is InChI=1S/C23H26F3NO5/c1-4-31-20(22(29)30)12-16-8-10-19(11-9-16)32-15(3)21(28)27-14(2)17-6-5-7-18(13-17)23(24,25)26/h5-11,13-15,20H,4,12H2,1-3H3,(H,27,28)(H,29,30). The fourth-order valence-corrected chi connectivity index (χ4v) is 2.99. The maximum Gasteiger partial charge on any atom is 0.416 e. The van der Waals surface area contributed by atoms with Crippen LogP contribution in [-0.4, -0.2) is 35.8 Å². The second kappa shape index (κ2) is 11.0. The topological polar surface area (TPSA) is 84.9 Å². The van der Waals surface area contributed by atoms with Crippen molar-refractivity contribution in [1.82, 2.24) is 5.32 Å². The van der Waals surface area contributed by atoms with Crippen LogP contribution in [0.15, 0.2) is 48.5 Å². The molecule has 0 radical (unpaired) electrons. The van der Waals surface area contributed by atoms with Crippen molar-refractivity contribution < 1.29 is 37.3 Å². The van der Waals surface area contributed by atoms with Gasteiger partial charge in [-0.05, 0) is 56.2 Å². The highest BCUT2D eigenvalue weighted by atomic mass is 19.4. The number of carboxylic acids is 1. The van der Waals surface area contributed by atoms with Crippen LogP contribution in [0.3, 0.4) is 0 Å². The van der Waals surface area contributed by atoms with Crippen LogP contribution in [0.1, 0.15) is 43.5 Å². The fourth-order valence-electron chi connectivity index (χ4n) is 2.99. The zero-order valence-corrected chi connectivity index (χ0v) is 18.0. The van der Waals surface area contributed by atoms with Gasteiger partial charge >= 0.3 is 12.1 Å². The molecule has 2 rings (SSSR count). The zero-order chi connectivity index (χ0) is 23.9. The van der Waals surface area contributed by atoms with Crippen molar-refractivity contribution in [2.45, 2.75) is 51.6 Å². The Hall–Kier alpha value is -3.07. The zero-order valence-electron chi connectivity index (χ0n) is 18.0. The van der Waals surface area contributed by atoms with E-state index in [0.29, 0.717) is 11.3 Å². The number of amides is 1. The van der Waals surface area contributed by atoms with Crippen molar-refractivity contribution in [3.8, 4) is 5.75 Å². The lowest BCUT2D eigenvalue weighted by Crippen LogP contribution is -2.37. The maximum atomic E-state index is 12.9. The Balaban J connectivity index is 1.95. The van der Waals surface area contributed by atoms with Crippen molar-refractivity contribution in [3.05, 3.63) is 65.2 Å². The van der Waals surface area contributed by atoms with E-state index < -0.39 is 41.9 Å². The van der Waals surface area contributed by atoms with Gasteiger partial charge in [0.25, 0.3) is 5.91 Å². The third kappa shape index (κ3) is 7.26. The third-order valence-electron chi connectivity index (χ3n) is 4.74. The summed E-state index contributed by atoms with van der Waals surface area (Å²) in [5.74, 6) is -1.14. The average molecular weight is 453 g/mol. The summed E-state index contributed by atoms with van der Waals surface area (Å²) in [5, 5.41) is 11.8. The number of nitrogens with one attached hydrogen (secondary N) is 1. The first-order chi connectivity index (χ1) is 15.0. The van der Waals surface area contributed by atoms with Gasteiger partial charge in [-0.15, -0.1) is 0 Å². The van der Waals surface area contributed by atoms with Crippen LogP contribution in [0.2, 0.25) is 0 Å². The molecule has 1 amide bonds. The molecule has 0 heterocycles.